The molecule has 0 fully saturated rings. The molecule has 0 aromatic rings. The molecular weight excluding hydrogens is 252 g/mol. The third-order valence-corrected chi connectivity index (χ3v) is 4.11. The molecule has 2 amide bonds. The van der Waals surface area contributed by atoms with E-state index in [-0.39, 0.29) is 34.5 Å². The van der Waals surface area contributed by atoms with E-state index in [0.29, 0.717) is 13.1 Å². The number of carbonyl (C=O) groups is 2. The Hall–Kier alpha value is -1.06. The zero-order valence-electron chi connectivity index (χ0n) is 14.4. The summed E-state index contributed by atoms with van der Waals surface area (Å²) in [6.07, 6.45) is 0. The van der Waals surface area contributed by atoms with Crippen molar-refractivity contribution in [3.05, 3.63) is 0 Å². The van der Waals surface area contributed by atoms with Crippen LogP contribution in [0.2, 0.25) is 0 Å². The van der Waals surface area contributed by atoms with E-state index in [9.17, 15) is 9.59 Å². The third kappa shape index (κ3) is 6.40. The quantitative estimate of drug-likeness (QED) is 0.762. The predicted octanol–water partition coefficient (Wildman–Crippen LogP) is 2.58. The smallest absolute Gasteiger partial charge is 0.223 e. The van der Waals surface area contributed by atoms with Gasteiger partial charge in [-0.15, -0.1) is 0 Å². The second-order valence-electron chi connectivity index (χ2n) is 7.76. The summed E-state index contributed by atoms with van der Waals surface area (Å²) < 4.78 is 0. The normalized spacial score (nSPS) is 15.4. The number of amides is 2. The first-order chi connectivity index (χ1) is 8.87. The van der Waals surface area contributed by atoms with Crippen LogP contribution in [0.3, 0.4) is 0 Å². The first-order valence-electron chi connectivity index (χ1n) is 7.42. The Balaban J connectivity index is 4.05. The van der Waals surface area contributed by atoms with Gasteiger partial charge in [-0.25, -0.2) is 0 Å². The first kappa shape index (κ1) is 18.9. The summed E-state index contributed by atoms with van der Waals surface area (Å²) >= 11 is 0. The summed E-state index contributed by atoms with van der Waals surface area (Å²) in [5, 5.41) is 5.74. The Kier molecular flexibility index (Phi) is 6.72. The lowest BCUT2D eigenvalue weighted by molar-refractivity contribution is -0.129. The van der Waals surface area contributed by atoms with Crippen LogP contribution in [0.5, 0.6) is 0 Å². The second kappa shape index (κ2) is 7.09. The molecule has 0 saturated carbocycles. The third-order valence-electron chi connectivity index (χ3n) is 4.11. The van der Waals surface area contributed by atoms with Crippen LogP contribution in [-0.2, 0) is 9.59 Å². The van der Waals surface area contributed by atoms with Gasteiger partial charge in [-0.2, -0.15) is 0 Å². The largest absolute Gasteiger partial charge is 0.354 e. The van der Waals surface area contributed by atoms with E-state index in [1.807, 2.05) is 55.4 Å². The molecule has 2 atom stereocenters. The van der Waals surface area contributed by atoms with Crippen molar-refractivity contribution in [2.24, 2.45) is 22.7 Å². The topological polar surface area (TPSA) is 58.2 Å². The summed E-state index contributed by atoms with van der Waals surface area (Å²) in [5.41, 5.74) is -0.0951. The van der Waals surface area contributed by atoms with Crippen molar-refractivity contribution in [2.75, 3.05) is 13.1 Å². The van der Waals surface area contributed by atoms with Crippen molar-refractivity contribution in [1.82, 2.24) is 10.6 Å². The summed E-state index contributed by atoms with van der Waals surface area (Å²) in [6, 6.07) is 0. The van der Waals surface area contributed by atoms with Crippen LogP contribution >= 0.6 is 0 Å². The van der Waals surface area contributed by atoms with Gasteiger partial charge in [-0.3, -0.25) is 9.59 Å². The van der Waals surface area contributed by atoms with Crippen molar-refractivity contribution >= 4 is 11.8 Å². The average Bonchev–Trinajstić information content (AvgIpc) is 2.29. The van der Waals surface area contributed by atoms with E-state index in [1.54, 1.807) is 0 Å². The minimum absolute atomic E-state index is 0.0376. The van der Waals surface area contributed by atoms with Crippen molar-refractivity contribution in [3.8, 4) is 0 Å². The Bertz CT molecular complexity index is 303. The van der Waals surface area contributed by atoms with Crippen LogP contribution in [0, 0.1) is 22.7 Å². The van der Waals surface area contributed by atoms with Crippen molar-refractivity contribution < 1.29 is 9.59 Å². The average molecular weight is 284 g/mol. The Morgan fingerprint density at radius 3 is 1.20 bits per heavy atom. The molecule has 0 spiro atoms. The molecule has 0 aromatic heterocycles. The molecule has 2 unspecified atom stereocenters. The lowest BCUT2D eigenvalue weighted by Crippen LogP contribution is -2.42. The van der Waals surface area contributed by atoms with E-state index >= 15 is 0 Å². The summed E-state index contributed by atoms with van der Waals surface area (Å²) in [6.45, 7) is 17.1. The highest BCUT2D eigenvalue weighted by Gasteiger charge is 2.27. The van der Waals surface area contributed by atoms with Crippen LogP contribution in [-0.4, -0.2) is 24.9 Å². The Morgan fingerprint density at radius 2 is 1.00 bits per heavy atom. The molecule has 0 aliphatic rings. The molecule has 0 aliphatic carbocycles. The van der Waals surface area contributed by atoms with E-state index < -0.39 is 0 Å². The molecule has 0 saturated heterocycles. The van der Waals surface area contributed by atoms with Gasteiger partial charge in [0.15, 0.2) is 0 Å². The van der Waals surface area contributed by atoms with Gasteiger partial charge in [0.05, 0.1) is 0 Å². The maximum absolute atomic E-state index is 11.9. The lowest BCUT2D eigenvalue weighted by Gasteiger charge is -2.27. The fraction of sp³-hybridized carbons (Fsp3) is 0.875. The number of carbonyl (C=O) groups excluding carboxylic acids is 2. The maximum Gasteiger partial charge on any atom is 0.223 e. The van der Waals surface area contributed by atoms with E-state index in [0.717, 1.165) is 0 Å². The molecule has 0 aliphatic heterocycles. The van der Waals surface area contributed by atoms with Crippen LogP contribution in [0.25, 0.3) is 0 Å². The second-order valence-corrected chi connectivity index (χ2v) is 7.76. The number of hydrogen-bond acceptors (Lipinski definition) is 2. The van der Waals surface area contributed by atoms with Gasteiger partial charge >= 0.3 is 0 Å². The van der Waals surface area contributed by atoms with Gasteiger partial charge in [-0.1, -0.05) is 55.4 Å². The molecule has 0 radical (unpaired) electrons. The van der Waals surface area contributed by atoms with E-state index in [4.69, 9.17) is 0 Å². The van der Waals surface area contributed by atoms with E-state index in [1.165, 1.54) is 0 Å². The van der Waals surface area contributed by atoms with Crippen molar-refractivity contribution in [2.45, 2.75) is 55.4 Å². The number of nitrogens with one attached hydrogen (secondary N) is 2. The zero-order chi connectivity index (χ0) is 16.1. The Labute approximate surface area is 124 Å². The van der Waals surface area contributed by atoms with Crippen LogP contribution in [0.4, 0.5) is 0 Å². The fourth-order valence-corrected chi connectivity index (χ4v) is 1.46. The highest BCUT2D eigenvalue weighted by atomic mass is 16.2. The minimum Gasteiger partial charge on any atom is -0.354 e. The first-order valence-corrected chi connectivity index (χ1v) is 7.42. The van der Waals surface area contributed by atoms with Crippen LogP contribution in [0.15, 0.2) is 0 Å². The molecule has 4 nitrogen and oxygen atoms in total. The van der Waals surface area contributed by atoms with Crippen LogP contribution < -0.4 is 10.6 Å². The number of hydrogen-bond donors (Lipinski definition) is 2. The van der Waals surface area contributed by atoms with Gasteiger partial charge in [0.25, 0.3) is 0 Å². The molecule has 0 bridgehead atoms. The van der Waals surface area contributed by atoms with Crippen molar-refractivity contribution in [1.29, 1.82) is 0 Å². The van der Waals surface area contributed by atoms with Gasteiger partial charge < -0.3 is 10.6 Å². The Morgan fingerprint density at radius 1 is 0.750 bits per heavy atom. The highest BCUT2D eigenvalue weighted by molar-refractivity contribution is 5.80. The fourth-order valence-electron chi connectivity index (χ4n) is 1.46. The molecular formula is C16H32N2O2. The minimum atomic E-state index is -0.0494. The summed E-state index contributed by atoms with van der Waals surface area (Å²) in [4.78, 5) is 23.8. The molecule has 20 heavy (non-hydrogen) atoms. The molecule has 0 rings (SSSR count). The molecule has 0 aromatic carbocycles. The highest BCUT2D eigenvalue weighted by Crippen LogP contribution is 2.25. The predicted molar refractivity (Wildman–Crippen MR) is 83.3 cm³/mol. The van der Waals surface area contributed by atoms with Crippen molar-refractivity contribution in [3.63, 3.8) is 0 Å². The SMILES string of the molecule is CC(C(=O)NCCNC(=O)C(C)C(C)(C)C)C(C)(C)C. The maximum atomic E-state index is 11.9. The molecule has 0 heterocycles. The standard InChI is InChI=1S/C16H32N2O2/c1-11(15(3,4)5)13(19)17-9-10-18-14(20)12(2)16(6,7)8/h11-12H,9-10H2,1-8H3,(H,17,19)(H,18,20). The van der Waals surface area contributed by atoms with Gasteiger partial charge in [0.1, 0.15) is 0 Å². The molecule has 4 heteroatoms. The monoisotopic (exact) mass is 284 g/mol. The zero-order valence-corrected chi connectivity index (χ0v) is 14.4. The van der Waals surface area contributed by atoms with Crippen LogP contribution in [0.1, 0.15) is 55.4 Å². The van der Waals surface area contributed by atoms with E-state index in [2.05, 4.69) is 10.6 Å². The summed E-state index contributed by atoms with van der Waals surface area (Å²) in [5.74, 6) is -0.0235. The van der Waals surface area contributed by atoms with Gasteiger partial charge in [0, 0.05) is 24.9 Å². The molecule has 118 valence electrons. The van der Waals surface area contributed by atoms with Gasteiger partial charge in [-0.05, 0) is 10.8 Å². The lowest BCUT2D eigenvalue weighted by atomic mass is 9.81. The van der Waals surface area contributed by atoms with Gasteiger partial charge in [0.2, 0.25) is 11.8 Å². The molecule has 2 N–H and O–H groups in total. The summed E-state index contributed by atoms with van der Waals surface area (Å²) in [7, 11) is 0. The number of rotatable bonds is 5.